The molecule has 1 aromatic heterocycles. The number of hydrogen-bond acceptors (Lipinski definition) is 2. The Labute approximate surface area is 128 Å². The molecule has 0 radical (unpaired) electrons. The number of nitrogens with one attached hydrogen (secondary N) is 2. The summed E-state index contributed by atoms with van der Waals surface area (Å²) in [6.45, 7) is 0.685. The van der Waals surface area contributed by atoms with Crippen LogP contribution in [0.2, 0.25) is 0 Å². The lowest BCUT2D eigenvalue weighted by atomic mass is 10.1. The van der Waals surface area contributed by atoms with Crippen molar-refractivity contribution in [1.29, 1.82) is 0 Å². The molecule has 0 bridgehead atoms. The lowest BCUT2D eigenvalue weighted by Gasteiger charge is -2.09. The Balaban J connectivity index is 1.55. The van der Waals surface area contributed by atoms with Gasteiger partial charge in [-0.1, -0.05) is 30.3 Å². The first-order valence-electron chi connectivity index (χ1n) is 7.41. The van der Waals surface area contributed by atoms with Gasteiger partial charge in [0.1, 0.15) is 5.75 Å². The van der Waals surface area contributed by atoms with E-state index < -0.39 is 0 Å². The summed E-state index contributed by atoms with van der Waals surface area (Å²) in [5, 5.41) is 4.06. The van der Waals surface area contributed by atoms with Crippen molar-refractivity contribution < 1.29 is 9.53 Å². The van der Waals surface area contributed by atoms with E-state index in [1.807, 2.05) is 48.7 Å². The number of rotatable bonds is 3. The highest BCUT2D eigenvalue weighted by atomic mass is 16.5. The van der Waals surface area contributed by atoms with Crippen molar-refractivity contribution >= 4 is 22.5 Å². The first-order chi connectivity index (χ1) is 10.8. The number of carbonyl (C=O) groups excluding carboxylic acids is 1. The van der Waals surface area contributed by atoms with Crippen LogP contribution in [0.1, 0.15) is 11.1 Å². The van der Waals surface area contributed by atoms with E-state index in [1.54, 1.807) is 0 Å². The lowest BCUT2D eigenvalue weighted by molar-refractivity contribution is -0.115. The highest BCUT2D eigenvalue weighted by molar-refractivity contribution is 5.97. The van der Waals surface area contributed by atoms with Crippen LogP contribution in [0.5, 0.6) is 5.75 Å². The number of aromatic nitrogens is 1. The normalized spacial score (nSPS) is 12.9. The van der Waals surface area contributed by atoms with E-state index in [0.717, 1.165) is 39.9 Å². The molecule has 0 fully saturated rings. The summed E-state index contributed by atoms with van der Waals surface area (Å²) < 4.78 is 5.62. The Bertz CT molecular complexity index is 851. The van der Waals surface area contributed by atoms with Crippen LogP contribution in [0.4, 0.5) is 5.69 Å². The highest BCUT2D eigenvalue weighted by Crippen LogP contribution is 2.33. The van der Waals surface area contributed by atoms with Crippen LogP contribution in [0.25, 0.3) is 10.9 Å². The monoisotopic (exact) mass is 292 g/mol. The van der Waals surface area contributed by atoms with Crippen molar-refractivity contribution in [2.45, 2.75) is 12.8 Å². The van der Waals surface area contributed by atoms with Crippen LogP contribution in [0, 0.1) is 0 Å². The van der Waals surface area contributed by atoms with E-state index in [1.165, 1.54) is 0 Å². The maximum Gasteiger partial charge on any atom is 0.228 e. The van der Waals surface area contributed by atoms with Gasteiger partial charge in [-0.2, -0.15) is 0 Å². The van der Waals surface area contributed by atoms with E-state index >= 15 is 0 Å². The molecule has 0 saturated heterocycles. The van der Waals surface area contributed by atoms with Crippen molar-refractivity contribution in [2.75, 3.05) is 11.9 Å². The van der Waals surface area contributed by atoms with Gasteiger partial charge in [-0.15, -0.1) is 0 Å². The van der Waals surface area contributed by atoms with Gasteiger partial charge >= 0.3 is 0 Å². The van der Waals surface area contributed by atoms with Gasteiger partial charge in [-0.05, 0) is 23.3 Å². The zero-order valence-corrected chi connectivity index (χ0v) is 12.1. The van der Waals surface area contributed by atoms with Crippen LogP contribution < -0.4 is 10.1 Å². The number of benzene rings is 2. The first-order valence-corrected chi connectivity index (χ1v) is 7.41. The van der Waals surface area contributed by atoms with Crippen LogP contribution >= 0.6 is 0 Å². The minimum Gasteiger partial charge on any atom is -0.491 e. The molecule has 110 valence electrons. The second-order valence-corrected chi connectivity index (χ2v) is 5.48. The molecule has 1 aliphatic rings. The lowest BCUT2D eigenvalue weighted by Crippen LogP contribution is -2.14. The largest absolute Gasteiger partial charge is 0.491 e. The standard InChI is InChI=1S/C18H16N2O2/c21-17(10-13-11-19-15-6-2-1-5-14(13)15)20-16-7-3-4-12-8-9-22-18(12)16/h1-7,11,19H,8-10H2,(H,20,21). The summed E-state index contributed by atoms with van der Waals surface area (Å²) in [5.74, 6) is 0.781. The zero-order chi connectivity index (χ0) is 14.9. The molecule has 2 heterocycles. The van der Waals surface area contributed by atoms with Gasteiger partial charge in [-0.3, -0.25) is 4.79 Å². The zero-order valence-electron chi connectivity index (χ0n) is 12.1. The maximum atomic E-state index is 12.3. The van der Waals surface area contributed by atoms with E-state index in [2.05, 4.69) is 10.3 Å². The maximum absolute atomic E-state index is 12.3. The Kier molecular flexibility index (Phi) is 3.07. The average Bonchev–Trinajstić information content (AvgIpc) is 3.15. The van der Waals surface area contributed by atoms with Gasteiger partial charge in [0.25, 0.3) is 0 Å². The van der Waals surface area contributed by atoms with E-state index in [-0.39, 0.29) is 5.91 Å². The summed E-state index contributed by atoms with van der Waals surface area (Å²) in [6.07, 6.45) is 3.14. The molecule has 22 heavy (non-hydrogen) atoms. The molecule has 3 aromatic rings. The van der Waals surface area contributed by atoms with Gasteiger partial charge in [0.2, 0.25) is 5.91 Å². The Morgan fingerprint density at radius 1 is 1.18 bits per heavy atom. The summed E-state index contributed by atoms with van der Waals surface area (Å²) >= 11 is 0. The molecule has 0 unspecified atom stereocenters. The fraction of sp³-hybridized carbons (Fsp3) is 0.167. The number of carbonyl (C=O) groups is 1. The smallest absolute Gasteiger partial charge is 0.228 e. The van der Waals surface area contributed by atoms with Crippen LogP contribution in [0.15, 0.2) is 48.7 Å². The molecular formula is C18H16N2O2. The Morgan fingerprint density at radius 3 is 3.05 bits per heavy atom. The fourth-order valence-electron chi connectivity index (χ4n) is 2.96. The molecule has 0 aliphatic carbocycles. The summed E-state index contributed by atoms with van der Waals surface area (Å²) in [4.78, 5) is 15.5. The van der Waals surface area contributed by atoms with Crippen molar-refractivity contribution in [3.05, 3.63) is 59.8 Å². The second kappa shape index (κ2) is 5.22. The van der Waals surface area contributed by atoms with Crippen LogP contribution in [0.3, 0.4) is 0 Å². The van der Waals surface area contributed by atoms with Crippen molar-refractivity contribution in [3.63, 3.8) is 0 Å². The van der Waals surface area contributed by atoms with Gasteiger partial charge < -0.3 is 15.0 Å². The Morgan fingerprint density at radius 2 is 2.09 bits per heavy atom. The van der Waals surface area contributed by atoms with Crippen molar-refractivity contribution in [1.82, 2.24) is 4.98 Å². The number of fused-ring (bicyclic) bond motifs is 2. The van der Waals surface area contributed by atoms with Gasteiger partial charge in [-0.25, -0.2) is 0 Å². The Hall–Kier alpha value is -2.75. The van der Waals surface area contributed by atoms with Gasteiger partial charge in [0, 0.05) is 23.5 Å². The average molecular weight is 292 g/mol. The number of ether oxygens (including phenoxy) is 1. The number of aromatic amines is 1. The van der Waals surface area contributed by atoms with Crippen LogP contribution in [-0.4, -0.2) is 17.5 Å². The predicted octanol–water partition coefficient (Wildman–Crippen LogP) is 3.28. The third kappa shape index (κ3) is 2.22. The summed E-state index contributed by atoms with van der Waals surface area (Å²) in [5.41, 5.74) is 3.97. The number of amides is 1. The number of para-hydroxylation sites is 2. The molecule has 0 atom stereocenters. The second-order valence-electron chi connectivity index (χ2n) is 5.48. The van der Waals surface area contributed by atoms with Crippen molar-refractivity contribution in [2.24, 2.45) is 0 Å². The quantitative estimate of drug-likeness (QED) is 0.778. The molecule has 0 spiro atoms. The number of H-pyrrole nitrogens is 1. The predicted molar refractivity (Wildman–Crippen MR) is 86.3 cm³/mol. The third-order valence-electron chi connectivity index (χ3n) is 4.01. The fourth-order valence-corrected chi connectivity index (χ4v) is 2.96. The van der Waals surface area contributed by atoms with E-state index in [4.69, 9.17) is 4.74 Å². The molecule has 2 N–H and O–H groups in total. The SMILES string of the molecule is O=C(Cc1c[nH]c2ccccc12)Nc1cccc2c1OCC2. The topological polar surface area (TPSA) is 54.1 Å². The van der Waals surface area contributed by atoms with E-state index in [0.29, 0.717) is 13.0 Å². The molecule has 4 nitrogen and oxygen atoms in total. The molecule has 4 rings (SSSR count). The molecule has 2 aromatic carbocycles. The van der Waals surface area contributed by atoms with Crippen molar-refractivity contribution in [3.8, 4) is 5.75 Å². The minimum atomic E-state index is -0.0337. The molecule has 4 heteroatoms. The number of hydrogen-bond donors (Lipinski definition) is 2. The molecular weight excluding hydrogens is 276 g/mol. The van der Waals surface area contributed by atoms with Gasteiger partial charge in [0.05, 0.1) is 18.7 Å². The first kappa shape index (κ1) is 13.0. The molecule has 1 amide bonds. The summed E-state index contributed by atoms with van der Waals surface area (Å²) in [7, 11) is 0. The third-order valence-corrected chi connectivity index (χ3v) is 4.01. The highest BCUT2D eigenvalue weighted by Gasteiger charge is 2.17. The van der Waals surface area contributed by atoms with Gasteiger partial charge in [0.15, 0.2) is 0 Å². The van der Waals surface area contributed by atoms with E-state index in [9.17, 15) is 4.79 Å². The minimum absolute atomic E-state index is 0.0337. The van der Waals surface area contributed by atoms with Crippen LogP contribution in [-0.2, 0) is 17.6 Å². The molecule has 1 aliphatic heterocycles. The number of anilines is 1. The summed E-state index contributed by atoms with van der Waals surface area (Å²) in [6, 6.07) is 13.9. The molecule has 0 saturated carbocycles.